The molecule has 2 N–H and O–H groups in total. The molecule has 2 heterocycles. The molecule has 0 saturated heterocycles. The summed E-state index contributed by atoms with van der Waals surface area (Å²) < 4.78 is 5.13. The van der Waals surface area contributed by atoms with Crippen LogP contribution in [0.4, 0.5) is 0 Å². The minimum absolute atomic E-state index is 0.00808. The average Bonchev–Trinajstić information content (AvgIpc) is 2.67. The third kappa shape index (κ3) is 2.92. The molecule has 0 aromatic carbocycles. The van der Waals surface area contributed by atoms with Gasteiger partial charge in [-0.05, 0) is 12.2 Å². The molecule has 2 aliphatic heterocycles. The maximum atomic E-state index is 11.8. The number of aliphatic hydroxyl groups is 1. The lowest BCUT2D eigenvalue weighted by Crippen LogP contribution is -2.42. The summed E-state index contributed by atoms with van der Waals surface area (Å²) in [6, 6.07) is 0. The Kier molecular flexibility index (Phi) is 4.27. The highest BCUT2D eigenvalue weighted by Crippen LogP contribution is 2.13. The van der Waals surface area contributed by atoms with Crippen LogP contribution in [0, 0.1) is 0 Å². The second-order valence-corrected chi connectivity index (χ2v) is 4.15. The summed E-state index contributed by atoms with van der Waals surface area (Å²) >= 11 is 5.01. The van der Waals surface area contributed by atoms with Crippen molar-refractivity contribution in [1.82, 2.24) is 10.2 Å². The smallest absolute Gasteiger partial charge is 0.302 e. The summed E-state index contributed by atoms with van der Waals surface area (Å²) in [6.45, 7) is 1.24. The van der Waals surface area contributed by atoms with Crippen LogP contribution in [0.5, 0.6) is 0 Å². The van der Waals surface area contributed by atoms with Crippen LogP contribution in [0.15, 0.2) is 15.0 Å². The Hall–Kier alpha value is -2.04. The number of carbonyl (C=O) groups is 2. The number of fused-ring (bicyclic) bond motifs is 1. The number of guanidine groups is 1. The molecule has 0 fully saturated rings. The van der Waals surface area contributed by atoms with Gasteiger partial charge in [0.1, 0.15) is 6.73 Å². The van der Waals surface area contributed by atoms with Gasteiger partial charge in [-0.15, -0.1) is 0 Å². The second kappa shape index (κ2) is 5.94. The Morgan fingerprint density at radius 2 is 2.20 bits per heavy atom. The molecule has 2 rings (SSSR count). The first-order valence-corrected chi connectivity index (χ1v) is 6.02. The van der Waals surface area contributed by atoms with E-state index < -0.39 is 11.8 Å². The first-order valence-electron chi connectivity index (χ1n) is 5.61. The Bertz CT molecular complexity index is 568. The van der Waals surface area contributed by atoms with Crippen molar-refractivity contribution in [3.05, 3.63) is 0 Å². The van der Waals surface area contributed by atoms with Crippen LogP contribution in [-0.2, 0) is 14.3 Å². The zero-order valence-corrected chi connectivity index (χ0v) is 11.3. The molecule has 0 aromatic rings. The average molecular weight is 297 g/mol. The summed E-state index contributed by atoms with van der Waals surface area (Å²) in [6.07, 6.45) is 0. The molecule has 20 heavy (non-hydrogen) atoms. The molecule has 9 nitrogen and oxygen atoms in total. The maximum absolute atomic E-state index is 11.8. The van der Waals surface area contributed by atoms with E-state index in [-0.39, 0.29) is 42.6 Å². The highest BCUT2D eigenvalue weighted by Gasteiger charge is 2.36. The SMILES string of the molecule is CC(=O)NC1=NC(=O)C2=NC(=S)N(COCCO)C2=N1. The first-order chi connectivity index (χ1) is 9.52. The first kappa shape index (κ1) is 14.4. The topological polar surface area (TPSA) is 116 Å². The van der Waals surface area contributed by atoms with Crippen molar-refractivity contribution in [1.29, 1.82) is 0 Å². The molecule has 0 spiro atoms. The second-order valence-electron chi connectivity index (χ2n) is 3.79. The van der Waals surface area contributed by atoms with Crippen molar-refractivity contribution in [3.8, 4) is 0 Å². The number of aliphatic imine (C=N–C) groups is 3. The van der Waals surface area contributed by atoms with Gasteiger partial charge in [0.05, 0.1) is 13.2 Å². The quantitative estimate of drug-likeness (QED) is 0.478. The van der Waals surface area contributed by atoms with Crippen molar-refractivity contribution in [2.24, 2.45) is 15.0 Å². The van der Waals surface area contributed by atoms with E-state index in [1.807, 2.05) is 0 Å². The van der Waals surface area contributed by atoms with E-state index in [2.05, 4.69) is 20.3 Å². The molecule has 0 unspecified atom stereocenters. The lowest BCUT2D eigenvalue weighted by atomic mass is 10.3. The molecule has 10 heteroatoms. The predicted molar refractivity (Wildman–Crippen MR) is 73.5 cm³/mol. The van der Waals surface area contributed by atoms with Crippen molar-refractivity contribution in [2.45, 2.75) is 6.92 Å². The zero-order chi connectivity index (χ0) is 14.7. The number of aliphatic hydroxyl groups excluding tert-OH is 1. The Labute approximate surface area is 119 Å². The molecule has 0 aliphatic carbocycles. The molecular weight excluding hydrogens is 286 g/mol. The van der Waals surface area contributed by atoms with Gasteiger partial charge >= 0.3 is 5.91 Å². The van der Waals surface area contributed by atoms with Crippen molar-refractivity contribution in [3.63, 3.8) is 0 Å². The van der Waals surface area contributed by atoms with E-state index in [1.165, 1.54) is 11.8 Å². The highest BCUT2D eigenvalue weighted by molar-refractivity contribution is 7.80. The van der Waals surface area contributed by atoms with E-state index in [4.69, 9.17) is 22.1 Å². The minimum atomic E-state index is -0.634. The van der Waals surface area contributed by atoms with E-state index in [0.29, 0.717) is 0 Å². The number of ether oxygens (including phenoxy) is 1. The predicted octanol–water partition coefficient (Wildman–Crippen LogP) is -1.57. The van der Waals surface area contributed by atoms with Gasteiger partial charge in [0.2, 0.25) is 17.0 Å². The maximum Gasteiger partial charge on any atom is 0.302 e. The van der Waals surface area contributed by atoms with E-state index in [1.54, 1.807) is 0 Å². The van der Waals surface area contributed by atoms with Crippen LogP contribution in [0.1, 0.15) is 6.92 Å². The van der Waals surface area contributed by atoms with Crippen LogP contribution < -0.4 is 5.32 Å². The molecule has 106 valence electrons. The minimum Gasteiger partial charge on any atom is -0.394 e. The fourth-order valence-electron chi connectivity index (χ4n) is 1.51. The van der Waals surface area contributed by atoms with Gasteiger partial charge in [-0.3, -0.25) is 19.8 Å². The summed E-state index contributed by atoms with van der Waals surface area (Å²) in [4.78, 5) is 35.6. The van der Waals surface area contributed by atoms with Crippen molar-refractivity contribution in [2.75, 3.05) is 19.9 Å². The number of rotatable bonds is 4. The fraction of sp³-hybridized carbons (Fsp3) is 0.400. The molecule has 0 aromatic heterocycles. The zero-order valence-electron chi connectivity index (χ0n) is 10.5. The van der Waals surface area contributed by atoms with Gasteiger partial charge in [0.25, 0.3) is 0 Å². The van der Waals surface area contributed by atoms with Crippen LogP contribution in [0.2, 0.25) is 0 Å². The number of hydrogen-bond donors (Lipinski definition) is 2. The summed E-state index contributed by atoms with van der Waals surface area (Å²) in [5.74, 6) is -0.972. The van der Waals surface area contributed by atoms with Gasteiger partial charge in [0.15, 0.2) is 11.5 Å². The molecular formula is C10H11N5O4S. The highest BCUT2D eigenvalue weighted by atomic mass is 32.1. The van der Waals surface area contributed by atoms with Crippen LogP contribution >= 0.6 is 12.2 Å². The van der Waals surface area contributed by atoms with Crippen LogP contribution in [0.25, 0.3) is 0 Å². The third-order valence-electron chi connectivity index (χ3n) is 2.27. The number of nitrogens with one attached hydrogen (secondary N) is 1. The standard InChI is InChI=1S/C10H11N5O4S/c1-5(17)11-9-13-7-6(8(18)14-9)12-10(20)15(7)4-19-3-2-16/h16H,2-4H2,1H3,(H,11,14,17,18). The Morgan fingerprint density at radius 3 is 2.85 bits per heavy atom. The lowest BCUT2D eigenvalue weighted by molar-refractivity contribution is -0.117. The summed E-state index contributed by atoms with van der Waals surface area (Å²) in [5, 5.41) is 11.1. The molecule has 0 radical (unpaired) electrons. The third-order valence-corrected chi connectivity index (χ3v) is 2.58. The number of amidine groups is 1. The largest absolute Gasteiger partial charge is 0.394 e. The van der Waals surface area contributed by atoms with Gasteiger partial charge < -0.3 is 9.84 Å². The van der Waals surface area contributed by atoms with E-state index >= 15 is 0 Å². The summed E-state index contributed by atoms with van der Waals surface area (Å²) in [7, 11) is 0. The number of amides is 2. The van der Waals surface area contributed by atoms with E-state index in [9.17, 15) is 9.59 Å². The Morgan fingerprint density at radius 1 is 1.45 bits per heavy atom. The van der Waals surface area contributed by atoms with Gasteiger partial charge in [0, 0.05) is 6.92 Å². The van der Waals surface area contributed by atoms with Crippen LogP contribution in [0.3, 0.4) is 0 Å². The molecule has 0 atom stereocenters. The monoisotopic (exact) mass is 297 g/mol. The number of nitrogens with zero attached hydrogens (tertiary/aromatic N) is 4. The fourth-order valence-corrected chi connectivity index (χ4v) is 1.74. The van der Waals surface area contributed by atoms with Gasteiger partial charge in [-0.2, -0.15) is 9.98 Å². The summed E-state index contributed by atoms with van der Waals surface area (Å²) in [5.41, 5.74) is 0.0108. The van der Waals surface area contributed by atoms with E-state index in [0.717, 1.165) is 0 Å². The number of hydrogen-bond acceptors (Lipinski definition) is 6. The van der Waals surface area contributed by atoms with Gasteiger partial charge in [-0.25, -0.2) is 4.99 Å². The van der Waals surface area contributed by atoms with Crippen LogP contribution in [-0.4, -0.2) is 64.4 Å². The van der Waals surface area contributed by atoms with Gasteiger partial charge in [-0.1, -0.05) is 0 Å². The van der Waals surface area contributed by atoms with Crippen molar-refractivity contribution < 1.29 is 19.4 Å². The number of carbonyl (C=O) groups excluding carboxylic acids is 2. The Balaban J connectivity index is 2.20. The van der Waals surface area contributed by atoms with Crippen molar-refractivity contribution >= 4 is 46.7 Å². The molecule has 0 saturated carbocycles. The normalized spacial score (nSPS) is 17.5. The molecule has 0 bridgehead atoms. The number of thiocarbonyl (C=S) groups is 1. The lowest BCUT2D eigenvalue weighted by Gasteiger charge is -2.19. The molecule has 2 aliphatic rings. The molecule has 2 amide bonds.